The Morgan fingerprint density at radius 3 is 2.88 bits per heavy atom. The summed E-state index contributed by atoms with van der Waals surface area (Å²) in [7, 11) is 0. The minimum atomic E-state index is -0.215. The van der Waals surface area contributed by atoms with Crippen LogP contribution >= 0.6 is 28.3 Å². The maximum Gasteiger partial charge on any atom is 0.319 e. The van der Waals surface area contributed by atoms with Crippen molar-refractivity contribution in [3.63, 3.8) is 0 Å². The Morgan fingerprint density at radius 2 is 2.25 bits per heavy atom. The Hall–Kier alpha value is -0.580. The number of carbonyl (C=O) groups excluding carboxylic acids is 1. The Bertz CT molecular complexity index is 334. The van der Waals surface area contributed by atoms with Crippen LogP contribution in [0.2, 0.25) is 0 Å². The molecule has 16 heavy (non-hydrogen) atoms. The first-order valence-electron chi connectivity index (χ1n) is 4.83. The number of carbonyl (C=O) groups is 1. The summed E-state index contributed by atoms with van der Waals surface area (Å²) in [5.74, 6) is -0.215. The van der Waals surface area contributed by atoms with Gasteiger partial charge in [0.1, 0.15) is 0 Å². The van der Waals surface area contributed by atoms with Gasteiger partial charge in [-0.2, -0.15) is 0 Å². The zero-order chi connectivity index (χ0) is 11.1. The maximum atomic E-state index is 11.0. The molecule has 0 unspecified atom stereocenters. The fraction of sp³-hybridized carbons (Fsp3) is 0.364. The first-order chi connectivity index (χ1) is 7.22. The molecule has 0 spiro atoms. The molecule has 0 saturated heterocycles. The molecular weight excluding hydrogens is 293 g/mol. The van der Waals surface area contributed by atoms with E-state index in [0.29, 0.717) is 13.2 Å². The molecule has 0 fully saturated rings. The normalized spacial score (nSPS) is 9.38. The molecule has 0 aliphatic heterocycles. The van der Waals surface area contributed by atoms with E-state index in [0.717, 1.165) is 10.0 Å². The van der Waals surface area contributed by atoms with Crippen LogP contribution in [0.4, 0.5) is 0 Å². The lowest BCUT2D eigenvalue weighted by atomic mass is 10.2. The number of halogens is 2. The average molecular weight is 309 g/mol. The highest BCUT2D eigenvalue weighted by atomic mass is 79.9. The molecule has 0 bridgehead atoms. The number of esters is 1. The summed E-state index contributed by atoms with van der Waals surface area (Å²) < 4.78 is 5.83. The van der Waals surface area contributed by atoms with Crippen LogP contribution in [0.3, 0.4) is 0 Å². The van der Waals surface area contributed by atoms with Gasteiger partial charge in [-0.1, -0.05) is 28.1 Å². The summed E-state index contributed by atoms with van der Waals surface area (Å²) in [5.41, 5.74) is 1.13. The fourth-order valence-electron chi connectivity index (χ4n) is 1.17. The van der Waals surface area contributed by atoms with Crippen molar-refractivity contribution in [2.45, 2.75) is 13.5 Å². The standard InChI is InChI=1S/C11H14BrNO2.ClH/c1-2-15-11(14)8-13-7-9-4-3-5-10(12)6-9;/h3-6,13H,2,7-8H2,1H3;1H. The monoisotopic (exact) mass is 307 g/mol. The third kappa shape index (κ3) is 6.10. The van der Waals surface area contributed by atoms with E-state index in [1.807, 2.05) is 24.3 Å². The highest BCUT2D eigenvalue weighted by molar-refractivity contribution is 9.10. The minimum Gasteiger partial charge on any atom is -0.465 e. The van der Waals surface area contributed by atoms with E-state index in [4.69, 9.17) is 4.74 Å². The molecular formula is C11H15BrClNO2. The van der Waals surface area contributed by atoms with Crippen LogP contribution in [-0.4, -0.2) is 19.1 Å². The van der Waals surface area contributed by atoms with E-state index < -0.39 is 0 Å². The molecule has 1 N–H and O–H groups in total. The van der Waals surface area contributed by atoms with Crippen LogP contribution in [-0.2, 0) is 16.1 Å². The quantitative estimate of drug-likeness (QED) is 0.850. The number of hydrogen-bond donors (Lipinski definition) is 1. The predicted molar refractivity (Wildman–Crippen MR) is 69.7 cm³/mol. The highest BCUT2D eigenvalue weighted by Crippen LogP contribution is 2.11. The molecule has 1 aromatic carbocycles. The average Bonchev–Trinajstić information content (AvgIpc) is 2.18. The van der Waals surface area contributed by atoms with Gasteiger partial charge in [-0.3, -0.25) is 4.79 Å². The molecule has 0 saturated carbocycles. The summed E-state index contributed by atoms with van der Waals surface area (Å²) in [6.45, 7) is 3.14. The Morgan fingerprint density at radius 1 is 1.50 bits per heavy atom. The van der Waals surface area contributed by atoms with Gasteiger partial charge in [0.2, 0.25) is 0 Å². The van der Waals surface area contributed by atoms with Gasteiger partial charge < -0.3 is 10.1 Å². The van der Waals surface area contributed by atoms with Gasteiger partial charge in [-0.25, -0.2) is 0 Å². The largest absolute Gasteiger partial charge is 0.465 e. The highest BCUT2D eigenvalue weighted by Gasteiger charge is 2.00. The Balaban J connectivity index is 0.00000225. The van der Waals surface area contributed by atoms with Crippen molar-refractivity contribution in [3.05, 3.63) is 34.3 Å². The molecule has 0 aromatic heterocycles. The first kappa shape index (κ1) is 15.4. The van der Waals surface area contributed by atoms with Crippen molar-refractivity contribution in [2.75, 3.05) is 13.2 Å². The van der Waals surface area contributed by atoms with Crippen LogP contribution in [0.25, 0.3) is 0 Å². The second kappa shape index (κ2) is 8.56. The topological polar surface area (TPSA) is 38.3 Å². The van der Waals surface area contributed by atoms with Gasteiger partial charge in [0.15, 0.2) is 0 Å². The molecule has 0 amide bonds. The molecule has 1 aromatic rings. The van der Waals surface area contributed by atoms with Crippen LogP contribution in [0.1, 0.15) is 12.5 Å². The van der Waals surface area contributed by atoms with Gasteiger partial charge in [0.05, 0.1) is 13.2 Å². The van der Waals surface area contributed by atoms with Crippen molar-refractivity contribution < 1.29 is 9.53 Å². The Labute approximate surface area is 110 Å². The summed E-state index contributed by atoms with van der Waals surface area (Å²) in [6.07, 6.45) is 0. The fourth-order valence-corrected chi connectivity index (χ4v) is 1.61. The van der Waals surface area contributed by atoms with Gasteiger partial charge in [0.25, 0.3) is 0 Å². The van der Waals surface area contributed by atoms with Crippen LogP contribution in [0.5, 0.6) is 0 Å². The molecule has 1 rings (SSSR count). The molecule has 5 heteroatoms. The van der Waals surface area contributed by atoms with Crippen LogP contribution in [0.15, 0.2) is 28.7 Å². The minimum absolute atomic E-state index is 0. The van der Waals surface area contributed by atoms with Crippen molar-refractivity contribution in [2.24, 2.45) is 0 Å². The van der Waals surface area contributed by atoms with Gasteiger partial charge in [0, 0.05) is 11.0 Å². The number of ether oxygens (including phenoxy) is 1. The van der Waals surface area contributed by atoms with Gasteiger partial charge in [-0.05, 0) is 24.6 Å². The lowest BCUT2D eigenvalue weighted by Gasteiger charge is -2.04. The molecule has 3 nitrogen and oxygen atoms in total. The van der Waals surface area contributed by atoms with Crippen molar-refractivity contribution in [3.8, 4) is 0 Å². The molecule has 0 aliphatic rings. The van der Waals surface area contributed by atoms with E-state index >= 15 is 0 Å². The summed E-state index contributed by atoms with van der Waals surface area (Å²) in [4.78, 5) is 11.0. The maximum absolute atomic E-state index is 11.0. The van der Waals surface area contributed by atoms with Gasteiger partial charge in [-0.15, -0.1) is 12.4 Å². The van der Waals surface area contributed by atoms with E-state index in [2.05, 4.69) is 21.2 Å². The van der Waals surface area contributed by atoms with E-state index in [1.54, 1.807) is 6.92 Å². The van der Waals surface area contributed by atoms with E-state index in [9.17, 15) is 4.79 Å². The summed E-state index contributed by atoms with van der Waals surface area (Å²) in [5, 5.41) is 3.02. The van der Waals surface area contributed by atoms with Gasteiger partial charge >= 0.3 is 5.97 Å². The number of rotatable bonds is 5. The zero-order valence-electron chi connectivity index (χ0n) is 9.03. The number of nitrogens with one attached hydrogen (secondary N) is 1. The smallest absolute Gasteiger partial charge is 0.319 e. The zero-order valence-corrected chi connectivity index (χ0v) is 11.4. The van der Waals surface area contributed by atoms with E-state index in [-0.39, 0.29) is 24.9 Å². The van der Waals surface area contributed by atoms with Crippen molar-refractivity contribution in [1.82, 2.24) is 5.32 Å². The second-order valence-electron chi connectivity index (χ2n) is 3.04. The molecule has 0 atom stereocenters. The van der Waals surface area contributed by atoms with Crippen LogP contribution in [0, 0.1) is 0 Å². The molecule has 90 valence electrons. The van der Waals surface area contributed by atoms with E-state index in [1.165, 1.54) is 0 Å². The first-order valence-corrected chi connectivity index (χ1v) is 5.62. The van der Waals surface area contributed by atoms with Crippen molar-refractivity contribution >= 4 is 34.3 Å². The third-order valence-corrected chi connectivity index (χ3v) is 2.29. The lowest BCUT2D eigenvalue weighted by Crippen LogP contribution is -2.24. The van der Waals surface area contributed by atoms with Crippen LogP contribution < -0.4 is 5.32 Å². The Kier molecular flexibility index (Phi) is 8.25. The summed E-state index contributed by atoms with van der Waals surface area (Å²) >= 11 is 3.39. The summed E-state index contributed by atoms with van der Waals surface area (Å²) in [6, 6.07) is 7.95. The molecule has 0 heterocycles. The predicted octanol–water partition coefficient (Wildman–Crippen LogP) is 2.52. The molecule has 0 aliphatic carbocycles. The molecule has 0 radical (unpaired) electrons. The second-order valence-corrected chi connectivity index (χ2v) is 3.95. The lowest BCUT2D eigenvalue weighted by molar-refractivity contribution is -0.142. The SMILES string of the molecule is CCOC(=O)CNCc1cccc(Br)c1.Cl. The third-order valence-electron chi connectivity index (χ3n) is 1.79. The number of benzene rings is 1. The number of hydrogen-bond acceptors (Lipinski definition) is 3. The van der Waals surface area contributed by atoms with Crippen molar-refractivity contribution in [1.29, 1.82) is 0 Å².